The van der Waals surface area contributed by atoms with Gasteiger partial charge in [-0.1, -0.05) is 25.1 Å². The van der Waals surface area contributed by atoms with Crippen LogP contribution in [-0.2, 0) is 28.2 Å². The molecule has 1 aromatic heterocycles. The molecule has 0 amide bonds. The molecule has 0 fully saturated rings. The van der Waals surface area contributed by atoms with Gasteiger partial charge >= 0.3 is 5.97 Å². The first-order chi connectivity index (χ1) is 10.8. The summed E-state index contributed by atoms with van der Waals surface area (Å²) in [5.41, 5.74) is 2.52. The van der Waals surface area contributed by atoms with Gasteiger partial charge in [-0.3, -0.25) is 4.72 Å². The molecule has 0 bridgehead atoms. The Labute approximate surface area is 136 Å². The van der Waals surface area contributed by atoms with Crippen LogP contribution < -0.4 is 4.72 Å². The maximum absolute atomic E-state index is 12.6. The third-order valence-corrected chi connectivity index (χ3v) is 4.98. The second-order valence-corrected chi connectivity index (χ2v) is 6.91. The summed E-state index contributed by atoms with van der Waals surface area (Å²) in [6.45, 7) is 3.81. The van der Waals surface area contributed by atoms with Crippen LogP contribution in [0.2, 0.25) is 0 Å². The molecule has 6 nitrogen and oxygen atoms in total. The summed E-state index contributed by atoms with van der Waals surface area (Å²) in [6, 6.07) is 6.93. The number of esters is 1. The quantitative estimate of drug-likeness (QED) is 0.851. The van der Waals surface area contributed by atoms with Crippen LogP contribution in [0.1, 0.15) is 28.5 Å². The van der Waals surface area contributed by atoms with E-state index in [2.05, 4.69) is 9.46 Å². The largest absolute Gasteiger partial charge is 0.464 e. The lowest BCUT2D eigenvalue weighted by Crippen LogP contribution is -2.14. The number of methoxy groups -OCH3 is 1. The maximum atomic E-state index is 12.6. The van der Waals surface area contributed by atoms with Crippen molar-refractivity contribution in [1.29, 1.82) is 0 Å². The van der Waals surface area contributed by atoms with E-state index >= 15 is 0 Å². The van der Waals surface area contributed by atoms with Gasteiger partial charge in [0.2, 0.25) is 0 Å². The number of hydrogen-bond acceptors (Lipinski definition) is 4. The van der Waals surface area contributed by atoms with Gasteiger partial charge in [0.15, 0.2) is 0 Å². The van der Waals surface area contributed by atoms with Crippen LogP contribution in [0.15, 0.2) is 35.4 Å². The summed E-state index contributed by atoms with van der Waals surface area (Å²) < 4.78 is 33.9. The van der Waals surface area contributed by atoms with Crippen molar-refractivity contribution >= 4 is 21.7 Å². The number of aromatic nitrogens is 1. The third kappa shape index (κ3) is 3.39. The maximum Gasteiger partial charge on any atom is 0.354 e. The van der Waals surface area contributed by atoms with Crippen LogP contribution in [0, 0.1) is 6.92 Å². The second kappa shape index (κ2) is 6.45. The summed E-state index contributed by atoms with van der Waals surface area (Å²) in [6.07, 6.45) is 2.10. The Morgan fingerprint density at radius 1 is 1.35 bits per heavy atom. The molecule has 0 saturated heterocycles. The van der Waals surface area contributed by atoms with Crippen molar-refractivity contribution in [2.45, 2.75) is 25.2 Å². The van der Waals surface area contributed by atoms with E-state index in [-0.39, 0.29) is 10.6 Å². The second-order valence-electron chi connectivity index (χ2n) is 5.23. The Bertz CT molecular complexity index is 838. The van der Waals surface area contributed by atoms with Crippen molar-refractivity contribution < 1.29 is 17.9 Å². The lowest BCUT2D eigenvalue weighted by molar-refractivity contribution is 0.0590. The van der Waals surface area contributed by atoms with Crippen molar-refractivity contribution in [3.63, 3.8) is 0 Å². The summed E-state index contributed by atoms with van der Waals surface area (Å²) in [4.78, 5) is 11.6. The van der Waals surface area contributed by atoms with Crippen molar-refractivity contribution in [1.82, 2.24) is 4.57 Å². The number of rotatable bonds is 5. The summed E-state index contributed by atoms with van der Waals surface area (Å²) in [5, 5.41) is 0. The van der Waals surface area contributed by atoms with Crippen molar-refractivity contribution in [2.24, 2.45) is 7.05 Å². The molecule has 0 saturated carbocycles. The van der Waals surface area contributed by atoms with Gasteiger partial charge in [0.1, 0.15) is 10.6 Å². The molecule has 0 radical (unpaired) electrons. The Kier molecular flexibility index (Phi) is 4.79. The summed E-state index contributed by atoms with van der Waals surface area (Å²) >= 11 is 0. The monoisotopic (exact) mass is 336 g/mol. The number of carbonyl (C=O) groups is 1. The van der Waals surface area contributed by atoms with E-state index < -0.39 is 16.0 Å². The van der Waals surface area contributed by atoms with Crippen LogP contribution in [-0.4, -0.2) is 26.1 Å². The highest BCUT2D eigenvalue weighted by molar-refractivity contribution is 7.92. The molecule has 124 valence electrons. The van der Waals surface area contributed by atoms with Crippen LogP contribution in [0.4, 0.5) is 5.69 Å². The normalized spacial score (nSPS) is 11.3. The topological polar surface area (TPSA) is 77.4 Å². The fourth-order valence-electron chi connectivity index (χ4n) is 2.35. The highest BCUT2D eigenvalue weighted by atomic mass is 32.2. The van der Waals surface area contributed by atoms with Gasteiger partial charge in [0.25, 0.3) is 10.0 Å². The molecule has 0 aliphatic heterocycles. The highest BCUT2D eigenvalue weighted by Crippen LogP contribution is 2.25. The molecule has 0 spiro atoms. The van der Waals surface area contributed by atoms with Gasteiger partial charge in [0, 0.05) is 13.2 Å². The molecule has 1 heterocycles. The third-order valence-electron chi connectivity index (χ3n) is 3.66. The number of hydrogen-bond donors (Lipinski definition) is 1. The minimum absolute atomic E-state index is 0.0192. The Balaban J connectivity index is 2.43. The van der Waals surface area contributed by atoms with Gasteiger partial charge in [-0.05, 0) is 30.5 Å². The Morgan fingerprint density at radius 2 is 2.04 bits per heavy atom. The molecule has 0 atom stereocenters. The molecule has 1 N–H and O–H groups in total. The smallest absolute Gasteiger partial charge is 0.354 e. The standard InChI is InChI=1S/C16H20N2O4S/c1-5-12-8-6-7-11(2)15(12)17-23(20,21)13-9-14(16(19)22-4)18(3)10-13/h6-10,17H,5H2,1-4H3. The number of benzene rings is 1. The number of aryl methyl sites for hydroxylation is 3. The molecule has 0 aliphatic carbocycles. The van der Waals surface area contributed by atoms with E-state index in [1.807, 2.05) is 32.0 Å². The average Bonchev–Trinajstić information content (AvgIpc) is 2.91. The highest BCUT2D eigenvalue weighted by Gasteiger charge is 2.22. The van der Waals surface area contributed by atoms with E-state index in [0.717, 1.165) is 11.1 Å². The molecule has 0 unspecified atom stereocenters. The molecule has 2 rings (SSSR count). The number of nitrogens with one attached hydrogen (secondary N) is 1. The fourth-order valence-corrected chi connectivity index (χ4v) is 3.59. The van der Waals surface area contributed by atoms with Crippen LogP contribution in [0.25, 0.3) is 0 Å². The summed E-state index contributed by atoms with van der Waals surface area (Å²) in [7, 11) is -0.944. The van der Waals surface area contributed by atoms with Gasteiger partial charge in [-0.25, -0.2) is 13.2 Å². The van der Waals surface area contributed by atoms with Gasteiger partial charge in [-0.15, -0.1) is 0 Å². The average molecular weight is 336 g/mol. The van der Waals surface area contributed by atoms with Gasteiger partial charge < -0.3 is 9.30 Å². The molecule has 2 aromatic rings. The van der Waals surface area contributed by atoms with Crippen molar-refractivity contribution in [2.75, 3.05) is 11.8 Å². The zero-order valence-electron chi connectivity index (χ0n) is 13.6. The zero-order chi connectivity index (χ0) is 17.2. The minimum atomic E-state index is -3.79. The van der Waals surface area contributed by atoms with Crippen LogP contribution in [0.5, 0.6) is 0 Å². The van der Waals surface area contributed by atoms with E-state index in [9.17, 15) is 13.2 Å². The summed E-state index contributed by atoms with van der Waals surface area (Å²) in [5.74, 6) is -0.584. The zero-order valence-corrected chi connectivity index (χ0v) is 14.4. The molecule has 1 aromatic carbocycles. The SMILES string of the molecule is CCc1cccc(C)c1NS(=O)(=O)c1cc(C(=O)OC)n(C)c1. The number of sulfonamides is 1. The van der Waals surface area contributed by atoms with E-state index in [1.54, 1.807) is 7.05 Å². The molecule has 23 heavy (non-hydrogen) atoms. The number of anilines is 1. The van der Waals surface area contributed by atoms with Gasteiger partial charge in [0.05, 0.1) is 12.8 Å². The number of carbonyl (C=O) groups excluding carboxylic acids is 1. The van der Waals surface area contributed by atoms with Crippen molar-refractivity contribution in [3.8, 4) is 0 Å². The first-order valence-corrected chi connectivity index (χ1v) is 8.64. The van der Waals surface area contributed by atoms with E-state index in [1.165, 1.54) is 23.9 Å². The lowest BCUT2D eigenvalue weighted by atomic mass is 10.1. The number of ether oxygens (including phenoxy) is 1. The van der Waals surface area contributed by atoms with Gasteiger partial charge in [-0.2, -0.15) is 0 Å². The Hall–Kier alpha value is -2.28. The lowest BCUT2D eigenvalue weighted by Gasteiger charge is -2.13. The van der Waals surface area contributed by atoms with Crippen LogP contribution in [0.3, 0.4) is 0 Å². The van der Waals surface area contributed by atoms with Crippen molar-refractivity contribution in [3.05, 3.63) is 47.3 Å². The predicted octanol–water partition coefficient (Wildman–Crippen LogP) is 2.48. The van der Waals surface area contributed by atoms with E-state index in [0.29, 0.717) is 12.1 Å². The first-order valence-electron chi connectivity index (χ1n) is 7.16. The molecular weight excluding hydrogens is 316 g/mol. The number of nitrogens with zero attached hydrogens (tertiary/aromatic N) is 1. The first kappa shape index (κ1) is 17.1. The minimum Gasteiger partial charge on any atom is -0.464 e. The predicted molar refractivity (Wildman–Crippen MR) is 88.1 cm³/mol. The number of para-hydroxylation sites is 1. The van der Waals surface area contributed by atoms with Crippen LogP contribution >= 0.6 is 0 Å². The molecular formula is C16H20N2O4S. The van der Waals surface area contributed by atoms with E-state index in [4.69, 9.17) is 0 Å². The Morgan fingerprint density at radius 3 is 2.65 bits per heavy atom. The molecule has 7 heteroatoms. The fraction of sp³-hybridized carbons (Fsp3) is 0.312. The molecule has 0 aliphatic rings.